The van der Waals surface area contributed by atoms with Crippen LogP contribution in [-0.2, 0) is 7.05 Å². The lowest BCUT2D eigenvalue weighted by molar-refractivity contribution is 0.238. The summed E-state index contributed by atoms with van der Waals surface area (Å²) < 4.78 is 1.98. The number of nitrogens with zero attached hydrogens (tertiary/aromatic N) is 3. The minimum Gasteiger partial charge on any atom is -0.326 e. The zero-order valence-corrected chi connectivity index (χ0v) is 10.5. The molecule has 0 bridgehead atoms. The first kappa shape index (κ1) is 11.6. The zero-order chi connectivity index (χ0) is 11.7. The highest BCUT2D eigenvalue weighted by atomic mass is 15.3. The maximum Gasteiger partial charge on any atom is 0.0673 e. The third-order valence-corrected chi connectivity index (χ3v) is 3.52. The van der Waals surface area contributed by atoms with Crippen molar-refractivity contribution in [1.82, 2.24) is 14.7 Å². The SMILES string of the molecule is CCCN1CC[C@H](N)[C@H]1c1c(C)cnn1C. The highest BCUT2D eigenvalue weighted by Crippen LogP contribution is 2.32. The fourth-order valence-corrected chi connectivity index (χ4v) is 2.78. The van der Waals surface area contributed by atoms with E-state index in [1.807, 2.05) is 17.9 Å². The highest BCUT2D eigenvalue weighted by molar-refractivity contribution is 5.22. The van der Waals surface area contributed by atoms with E-state index in [1.54, 1.807) is 0 Å². The van der Waals surface area contributed by atoms with E-state index in [9.17, 15) is 0 Å². The summed E-state index contributed by atoms with van der Waals surface area (Å²) >= 11 is 0. The van der Waals surface area contributed by atoms with Gasteiger partial charge in [-0.25, -0.2) is 0 Å². The van der Waals surface area contributed by atoms with Crippen molar-refractivity contribution in [3.63, 3.8) is 0 Å². The molecule has 0 aromatic carbocycles. The van der Waals surface area contributed by atoms with Crippen LogP contribution in [0.2, 0.25) is 0 Å². The van der Waals surface area contributed by atoms with Crippen LogP contribution in [0.5, 0.6) is 0 Å². The maximum absolute atomic E-state index is 6.25. The van der Waals surface area contributed by atoms with E-state index in [2.05, 4.69) is 23.8 Å². The van der Waals surface area contributed by atoms with E-state index < -0.39 is 0 Å². The summed E-state index contributed by atoms with van der Waals surface area (Å²) in [6.07, 6.45) is 4.21. The molecule has 4 heteroatoms. The van der Waals surface area contributed by atoms with Gasteiger partial charge in [-0.3, -0.25) is 9.58 Å². The number of likely N-dealkylation sites (tertiary alicyclic amines) is 1. The van der Waals surface area contributed by atoms with E-state index in [0.717, 1.165) is 19.5 Å². The normalized spacial score (nSPS) is 26.5. The number of aromatic nitrogens is 2. The molecule has 1 fully saturated rings. The van der Waals surface area contributed by atoms with Gasteiger partial charge in [0.2, 0.25) is 0 Å². The Bertz CT molecular complexity index is 336. The van der Waals surface area contributed by atoms with Crippen molar-refractivity contribution >= 4 is 0 Å². The summed E-state index contributed by atoms with van der Waals surface area (Å²) in [5.74, 6) is 0. The Hall–Kier alpha value is -0.870. The highest BCUT2D eigenvalue weighted by Gasteiger charge is 2.35. The van der Waals surface area contributed by atoms with Gasteiger partial charge >= 0.3 is 0 Å². The van der Waals surface area contributed by atoms with E-state index in [0.29, 0.717) is 6.04 Å². The van der Waals surface area contributed by atoms with E-state index in [1.165, 1.54) is 17.7 Å². The van der Waals surface area contributed by atoms with Crippen molar-refractivity contribution in [2.75, 3.05) is 13.1 Å². The summed E-state index contributed by atoms with van der Waals surface area (Å²) in [6.45, 7) is 6.59. The van der Waals surface area contributed by atoms with Gasteiger partial charge < -0.3 is 5.73 Å². The fourth-order valence-electron chi connectivity index (χ4n) is 2.78. The van der Waals surface area contributed by atoms with E-state index in [-0.39, 0.29) is 6.04 Å². The van der Waals surface area contributed by atoms with Crippen molar-refractivity contribution in [2.24, 2.45) is 12.8 Å². The number of aryl methyl sites for hydroxylation is 2. The first-order valence-electron chi connectivity index (χ1n) is 6.13. The van der Waals surface area contributed by atoms with Gasteiger partial charge in [0, 0.05) is 19.6 Å². The molecule has 1 aliphatic heterocycles. The van der Waals surface area contributed by atoms with Gasteiger partial charge in [0.25, 0.3) is 0 Å². The molecule has 0 unspecified atom stereocenters. The molecule has 0 aliphatic carbocycles. The smallest absolute Gasteiger partial charge is 0.0673 e. The molecule has 0 spiro atoms. The molecule has 1 saturated heterocycles. The molecule has 0 saturated carbocycles. The molecule has 0 amide bonds. The monoisotopic (exact) mass is 222 g/mol. The van der Waals surface area contributed by atoms with Crippen LogP contribution in [0, 0.1) is 6.92 Å². The van der Waals surface area contributed by atoms with Crippen LogP contribution < -0.4 is 5.73 Å². The van der Waals surface area contributed by atoms with Crippen LogP contribution in [0.4, 0.5) is 0 Å². The minimum absolute atomic E-state index is 0.251. The van der Waals surface area contributed by atoms with Gasteiger partial charge in [-0.05, 0) is 31.9 Å². The summed E-state index contributed by atoms with van der Waals surface area (Å²) in [6, 6.07) is 0.605. The van der Waals surface area contributed by atoms with Gasteiger partial charge in [0.15, 0.2) is 0 Å². The first-order chi connectivity index (χ1) is 7.65. The number of rotatable bonds is 3. The predicted octanol–water partition coefficient (Wildman–Crippen LogP) is 1.21. The Morgan fingerprint density at radius 1 is 1.56 bits per heavy atom. The number of hydrogen-bond acceptors (Lipinski definition) is 3. The Balaban J connectivity index is 2.29. The van der Waals surface area contributed by atoms with Crippen LogP contribution >= 0.6 is 0 Å². The van der Waals surface area contributed by atoms with E-state index in [4.69, 9.17) is 5.73 Å². The average Bonchev–Trinajstić information content (AvgIpc) is 2.74. The molecule has 90 valence electrons. The summed E-state index contributed by atoms with van der Waals surface area (Å²) in [4.78, 5) is 2.49. The molecule has 4 nitrogen and oxygen atoms in total. The molecular formula is C12H22N4. The van der Waals surface area contributed by atoms with E-state index >= 15 is 0 Å². The second-order valence-electron chi connectivity index (χ2n) is 4.77. The van der Waals surface area contributed by atoms with Crippen molar-refractivity contribution < 1.29 is 0 Å². The molecule has 2 atom stereocenters. The molecule has 2 heterocycles. The minimum atomic E-state index is 0.251. The molecule has 1 aromatic heterocycles. The summed E-state index contributed by atoms with van der Waals surface area (Å²) in [7, 11) is 2.01. The Labute approximate surface area is 97.4 Å². The molecule has 1 aliphatic rings. The zero-order valence-electron chi connectivity index (χ0n) is 10.5. The van der Waals surface area contributed by atoms with Gasteiger partial charge in [0.1, 0.15) is 0 Å². The Morgan fingerprint density at radius 3 is 2.88 bits per heavy atom. The van der Waals surface area contributed by atoms with Crippen molar-refractivity contribution in [3.8, 4) is 0 Å². The number of nitrogens with two attached hydrogens (primary N) is 1. The molecule has 0 radical (unpaired) electrons. The van der Waals surface area contributed by atoms with Gasteiger partial charge in [-0.2, -0.15) is 5.10 Å². The van der Waals surface area contributed by atoms with Crippen molar-refractivity contribution in [2.45, 2.75) is 38.8 Å². The third kappa shape index (κ3) is 1.87. The topological polar surface area (TPSA) is 47.1 Å². The number of hydrogen-bond donors (Lipinski definition) is 1. The molecule has 1 aromatic rings. The van der Waals surface area contributed by atoms with Gasteiger partial charge in [-0.15, -0.1) is 0 Å². The van der Waals surface area contributed by atoms with Crippen LogP contribution in [0.1, 0.15) is 37.1 Å². The Morgan fingerprint density at radius 2 is 2.31 bits per heavy atom. The average molecular weight is 222 g/mol. The maximum atomic E-state index is 6.25. The molecule has 16 heavy (non-hydrogen) atoms. The van der Waals surface area contributed by atoms with Crippen molar-refractivity contribution in [1.29, 1.82) is 0 Å². The van der Waals surface area contributed by atoms with Crippen molar-refractivity contribution in [3.05, 3.63) is 17.5 Å². The summed E-state index contributed by atoms with van der Waals surface area (Å²) in [5.41, 5.74) is 8.79. The third-order valence-electron chi connectivity index (χ3n) is 3.52. The molecular weight excluding hydrogens is 200 g/mol. The summed E-state index contributed by atoms with van der Waals surface area (Å²) in [5, 5.41) is 4.32. The lowest BCUT2D eigenvalue weighted by Gasteiger charge is -2.27. The standard InChI is InChI=1S/C12H22N4/c1-4-6-16-7-5-10(13)12(16)11-9(2)8-14-15(11)3/h8,10,12H,4-7,13H2,1-3H3/t10-,12-/m0/s1. The molecule has 2 rings (SSSR count). The second-order valence-corrected chi connectivity index (χ2v) is 4.77. The lowest BCUT2D eigenvalue weighted by atomic mass is 10.0. The largest absolute Gasteiger partial charge is 0.326 e. The lowest BCUT2D eigenvalue weighted by Crippen LogP contribution is -2.34. The van der Waals surface area contributed by atoms with Gasteiger partial charge in [-0.1, -0.05) is 6.92 Å². The van der Waals surface area contributed by atoms with Crippen LogP contribution in [0.25, 0.3) is 0 Å². The van der Waals surface area contributed by atoms with Gasteiger partial charge in [0.05, 0.1) is 17.9 Å². The Kier molecular flexibility index (Phi) is 3.30. The predicted molar refractivity (Wildman–Crippen MR) is 65.1 cm³/mol. The van der Waals surface area contributed by atoms with Crippen LogP contribution in [0.3, 0.4) is 0 Å². The second kappa shape index (κ2) is 4.55. The molecule has 2 N–H and O–H groups in total. The fraction of sp³-hybridized carbons (Fsp3) is 0.750. The van der Waals surface area contributed by atoms with Crippen LogP contribution in [-0.4, -0.2) is 33.8 Å². The quantitative estimate of drug-likeness (QED) is 0.836. The first-order valence-corrected chi connectivity index (χ1v) is 6.13. The van der Waals surface area contributed by atoms with Crippen LogP contribution in [0.15, 0.2) is 6.20 Å².